The van der Waals surface area contributed by atoms with E-state index >= 15 is 0 Å². The second-order valence-electron chi connectivity index (χ2n) is 10.9. The Morgan fingerprint density at radius 2 is 1.68 bits per heavy atom. The average Bonchev–Trinajstić information content (AvgIpc) is 3.12. The summed E-state index contributed by atoms with van der Waals surface area (Å²) >= 11 is 0. The first kappa shape index (κ1) is 23.9. The topological polar surface area (TPSA) is 102 Å². The smallest absolute Gasteiger partial charge is 0.168 e. The van der Waals surface area contributed by atoms with Gasteiger partial charge in [-0.25, -0.2) is 0 Å². The number of benzene rings is 1. The second-order valence-corrected chi connectivity index (χ2v) is 10.9. The van der Waals surface area contributed by atoms with Crippen LogP contribution in [0, 0.1) is 10.8 Å². The fraction of sp³-hybridized carbons (Fsp3) is 0.481. The summed E-state index contributed by atoms with van der Waals surface area (Å²) in [5, 5.41) is 15.0. The van der Waals surface area contributed by atoms with Crippen LogP contribution in [-0.4, -0.2) is 34.7 Å². The van der Waals surface area contributed by atoms with Gasteiger partial charge in [-0.05, 0) is 47.9 Å². The monoisotopic (exact) mass is 464 g/mol. The van der Waals surface area contributed by atoms with E-state index in [1.54, 1.807) is 31.4 Å². The lowest BCUT2D eigenvalue weighted by Crippen LogP contribution is -2.29. The summed E-state index contributed by atoms with van der Waals surface area (Å²) in [5.74, 6) is 1.31. The fourth-order valence-electron chi connectivity index (χ4n) is 4.89. The Morgan fingerprint density at radius 1 is 1.03 bits per heavy atom. The van der Waals surface area contributed by atoms with Gasteiger partial charge in [0, 0.05) is 25.7 Å². The van der Waals surface area contributed by atoms with Gasteiger partial charge in [-0.3, -0.25) is 14.6 Å². The number of fused-ring (bicyclic) bond motifs is 1. The minimum absolute atomic E-state index is 0.0358. The van der Waals surface area contributed by atoms with Crippen LogP contribution in [0.15, 0.2) is 45.1 Å². The van der Waals surface area contributed by atoms with Gasteiger partial charge in [0.05, 0.1) is 35.3 Å². The molecule has 2 aliphatic carbocycles. The van der Waals surface area contributed by atoms with E-state index in [9.17, 15) is 14.7 Å². The third kappa shape index (κ3) is 4.98. The molecule has 0 atom stereocenters. The normalized spacial score (nSPS) is 19.9. The van der Waals surface area contributed by atoms with Crippen molar-refractivity contribution in [3.05, 3.63) is 52.6 Å². The standard InChI is InChI=1S/C27H32N2O5/c1-26(2)12-20(30)24(21(31)13-26)18(28-16-6-8-17(33-5)9-7-16)10-11-19-25-22(32)14-27(3,4)15-23(25)34-29-19/h6-9,30H,10-15H2,1-5H3. The minimum Gasteiger partial charge on any atom is -0.511 e. The predicted molar refractivity (Wildman–Crippen MR) is 129 cm³/mol. The van der Waals surface area contributed by atoms with E-state index < -0.39 is 0 Å². The van der Waals surface area contributed by atoms with Gasteiger partial charge in [-0.15, -0.1) is 0 Å². The van der Waals surface area contributed by atoms with Crippen LogP contribution in [0.2, 0.25) is 0 Å². The van der Waals surface area contributed by atoms with Crippen LogP contribution in [0.25, 0.3) is 0 Å². The van der Waals surface area contributed by atoms with Crippen molar-refractivity contribution in [1.82, 2.24) is 5.16 Å². The number of carbonyl (C=O) groups is 2. The highest BCUT2D eigenvalue weighted by Gasteiger charge is 2.37. The maximum absolute atomic E-state index is 13.1. The van der Waals surface area contributed by atoms with Gasteiger partial charge in [0.1, 0.15) is 17.3 Å². The Bertz CT molecular complexity index is 1180. The number of rotatable bonds is 6. The van der Waals surface area contributed by atoms with E-state index in [1.807, 2.05) is 27.7 Å². The lowest BCUT2D eigenvalue weighted by atomic mass is 9.74. The minimum atomic E-state index is -0.305. The number of aromatic nitrogens is 1. The quantitative estimate of drug-likeness (QED) is 0.547. The molecule has 2 aromatic rings. The zero-order chi connectivity index (χ0) is 24.7. The fourth-order valence-corrected chi connectivity index (χ4v) is 4.89. The van der Waals surface area contributed by atoms with Crippen molar-refractivity contribution in [3.63, 3.8) is 0 Å². The molecule has 1 aromatic carbocycles. The van der Waals surface area contributed by atoms with E-state index in [0.717, 1.165) is 0 Å². The van der Waals surface area contributed by atoms with E-state index in [4.69, 9.17) is 14.3 Å². The van der Waals surface area contributed by atoms with Crippen LogP contribution < -0.4 is 4.74 Å². The largest absolute Gasteiger partial charge is 0.511 e. The molecule has 7 nitrogen and oxygen atoms in total. The third-order valence-corrected chi connectivity index (χ3v) is 6.47. The molecule has 1 aromatic heterocycles. The third-order valence-electron chi connectivity index (χ3n) is 6.47. The molecule has 2 aliphatic rings. The molecule has 0 amide bonds. The zero-order valence-corrected chi connectivity index (χ0v) is 20.5. The van der Waals surface area contributed by atoms with Crippen LogP contribution in [0.1, 0.15) is 75.2 Å². The molecule has 1 N–H and O–H groups in total. The predicted octanol–water partition coefficient (Wildman–Crippen LogP) is 5.74. The van der Waals surface area contributed by atoms with Crippen molar-refractivity contribution in [1.29, 1.82) is 0 Å². The molecule has 7 heteroatoms. The van der Waals surface area contributed by atoms with Gasteiger partial charge in [-0.1, -0.05) is 32.9 Å². The molecule has 0 unspecified atom stereocenters. The lowest BCUT2D eigenvalue weighted by Gasteiger charge is -2.30. The molecule has 34 heavy (non-hydrogen) atoms. The Hall–Kier alpha value is -3.22. The average molecular weight is 465 g/mol. The van der Waals surface area contributed by atoms with Gasteiger partial charge < -0.3 is 14.4 Å². The van der Waals surface area contributed by atoms with E-state index in [-0.39, 0.29) is 33.7 Å². The molecule has 1 heterocycles. The Balaban J connectivity index is 1.68. The number of ether oxygens (including phenoxy) is 1. The Kier molecular flexibility index (Phi) is 6.23. The number of methoxy groups -OCH3 is 1. The molecule has 4 rings (SSSR count). The molecule has 0 spiro atoms. The number of ketones is 2. The molecule has 0 saturated heterocycles. The maximum atomic E-state index is 13.1. The molecule has 0 aliphatic heterocycles. The van der Waals surface area contributed by atoms with E-state index in [2.05, 4.69) is 5.16 Å². The highest BCUT2D eigenvalue weighted by Crippen LogP contribution is 2.38. The van der Waals surface area contributed by atoms with Crippen molar-refractivity contribution in [2.45, 2.75) is 66.2 Å². The Morgan fingerprint density at radius 3 is 2.32 bits per heavy atom. The molecule has 0 fully saturated rings. The maximum Gasteiger partial charge on any atom is 0.168 e. The van der Waals surface area contributed by atoms with E-state index in [0.29, 0.717) is 72.7 Å². The van der Waals surface area contributed by atoms with Crippen LogP contribution in [-0.2, 0) is 17.6 Å². The number of nitrogens with zero attached hydrogens (tertiary/aromatic N) is 2. The first-order valence-corrected chi connectivity index (χ1v) is 11.7. The number of hydrogen-bond acceptors (Lipinski definition) is 7. The van der Waals surface area contributed by atoms with Crippen molar-refractivity contribution >= 4 is 23.0 Å². The van der Waals surface area contributed by atoms with Crippen LogP contribution in [0.5, 0.6) is 5.75 Å². The summed E-state index contributed by atoms with van der Waals surface area (Å²) in [6.07, 6.45) is 2.57. The lowest BCUT2D eigenvalue weighted by molar-refractivity contribution is -0.118. The number of hydrogen-bond donors (Lipinski definition) is 1. The van der Waals surface area contributed by atoms with Crippen molar-refractivity contribution in [3.8, 4) is 5.75 Å². The summed E-state index contributed by atoms with van der Waals surface area (Å²) in [6.45, 7) is 8.02. The van der Waals surface area contributed by atoms with Crippen LogP contribution >= 0.6 is 0 Å². The molecule has 0 saturated carbocycles. The van der Waals surface area contributed by atoms with Crippen molar-refractivity contribution in [2.75, 3.05) is 7.11 Å². The molecule has 180 valence electrons. The van der Waals surface area contributed by atoms with Gasteiger partial charge in [0.2, 0.25) is 0 Å². The number of aliphatic imine (C=N–C) groups is 1. The first-order valence-electron chi connectivity index (χ1n) is 11.7. The SMILES string of the molecule is COc1ccc(N=C(CCc2noc3c2C(=O)CC(C)(C)C3)C2=C(O)CC(C)(C)CC2=O)cc1. The highest BCUT2D eigenvalue weighted by molar-refractivity contribution is 6.23. The second kappa shape index (κ2) is 8.85. The number of Topliss-reactive ketones (excluding diaryl/α,β-unsaturated/α-hetero) is 2. The summed E-state index contributed by atoms with van der Waals surface area (Å²) in [7, 11) is 1.59. The molecular weight excluding hydrogens is 432 g/mol. The molecule has 0 radical (unpaired) electrons. The number of aliphatic hydroxyl groups excluding tert-OH is 1. The highest BCUT2D eigenvalue weighted by atomic mass is 16.5. The number of allylic oxidation sites excluding steroid dienone is 2. The number of aliphatic hydroxyl groups is 1. The van der Waals surface area contributed by atoms with Gasteiger partial charge in [0.25, 0.3) is 0 Å². The number of carbonyl (C=O) groups excluding carboxylic acids is 2. The summed E-state index contributed by atoms with van der Waals surface area (Å²) in [4.78, 5) is 30.6. The summed E-state index contributed by atoms with van der Waals surface area (Å²) in [6, 6.07) is 7.20. The molecular formula is C27H32N2O5. The van der Waals surface area contributed by atoms with E-state index in [1.165, 1.54) is 0 Å². The summed E-state index contributed by atoms with van der Waals surface area (Å²) < 4.78 is 10.8. The zero-order valence-electron chi connectivity index (χ0n) is 20.5. The van der Waals surface area contributed by atoms with Crippen LogP contribution in [0.3, 0.4) is 0 Å². The van der Waals surface area contributed by atoms with Crippen molar-refractivity contribution in [2.24, 2.45) is 15.8 Å². The van der Waals surface area contributed by atoms with Gasteiger partial charge >= 0.3 is 0 Å². The first-order chi connectivity index (χ1) is 16.0. The molecule has 0 bridgehead atoms. The van der Waals surface area contributed by atoms with Crippen LogP contribution in [0.4, 0.5) is 5.69 Å². The van der Waals surface area contributed by atoms with Gasteiger partial charge in [0.15, 0.2) is 11.6 Å². The van der Waals surface area contributed by atoms with Gasteiger partial charge in [-0.2, -0.15) is 0 Å². The Labute approximate surface area is 199 Å². The van der Waals surface area contributed by atoms with Crippen molar-refractivity contribution < 1.29 is 24.0 Å². The number of aryl methyl sites for hydroxylation is 1. The summed E-state index contributed by atoms with van der Waals surface area (Å²) in [5.41, 5.74) is 2.11.